The first-order valence-corrected chi connectivity index (χ1v) is 6.71. The molecule has 0 saturated carbocycles. The normalized spacial score (nSPS) is 13.8. The van der Waals surface area contributed by atoms with Gasteiger partial charge in [0.2, 0.25) is 0 Å². The SMILES string of the molecule is CCC[PH](C)(O)CCC. The van der Waals surface area contributed by atoms with Gasteiger partial charge in [-0.2, -0.15) is 0 Å². The Labute approximate surface area is 58.9 Å². The van der Waals surface area contributed by atoms with Crippen LogP contribution in [0.5, 0.6) is 0 Å². The molecular formula is C7H19OP. The molecule has 0 aromatic carbocycles. The topological polar surface area (TPSA) is 20.2 Å². The summed E-state index contributed by atoms with van der Waals surface area (Å²) in [6, 6.07) is 0. The first kappa shape index (κ1) is 9.39. The van der Waals surface area contributed by atoms with E-state index >= 15 is 0 Å². The summed E-state index contributed by atoms with van der Waals surface area (Å²) in [6.07, 6.45) is 4.42. The van der Waals surface area contributed by atoms with Crippen LogP contribution in [0.25, 0.3) is 0 Å². The molecule has 2 heteroatoms. The van der Waals surface area contributed by atoms with Crippen LogP contribution in [0.1, 0.15) is 26.7 Å². The molecule has 0 bridgehead atoms. The molecule has 0 aromatic rings. The van der Waals surface area contributed by atoms with Crippen LogP contribution in [-0.2, 0) is 0 Å². The van der Waals surface area contributed by atoms with E-state index in [9.17, 15) is 4.89 Å². The van der Waals surface area contributed by atoms with Crippen LogP contribution in [0.4, 0.5) is 0 Å². The van der Waals surface area contributed by atoms with Gasteiger partial charge in [0.05, 0.1) is 0 Å². The molecule has 0 spiro atoms. The van der Waals surface area contributed by atoms with Gasteiger partial charge in [-0.25, -0.2) is 0 Å². The maximum absolute atomic E-state index is 9.65. The van der Waals surface area contributed by atoms with E-state index in [4.69, 9.17) is 0 Å². The van der Waals surface area contributed by atoms with Gasteiger partial charge in [-0.05, 0) is 0 Å². The summed E-state index contributed by atoms with van der Waals surface area (Å²) in [5, 5.41) is 0. The molecule has 0 aromatic heterocycles. The average Bonchev–Trinajstić information content (AvgIpc) is 1.64. The Morgan fingerprint density at radius 2 is 1.44 bits per heavy atom. The summed E-state index contributed by atoms with van der Waals surface area (Å²) in [4.78, 5) is 9.65. The van der Waals surface area contributed by atoms with E-state index in [1.54, 1.807) is 0 Å². The molecule has 0 radical (unpaired) electrons. The van der Waals surface area contributed by atoms with Gasteiger partial charge in [-0.15, -0.1) is 0 Å². The fraction of sp³-hybridized carbons (Fsp3) is 1.00. The van der Waals surface area contributed by atoms with Crippen molar-refractivity contribution in [2.75, 3.05) is 19.0 Å². The summed E-state index contributed by atoms with van der Waals surface area (Å²) in [7, 11) is -1.70. The summed E-state index contributed by atoms with van der Waals surface area (Å²) < 4.78 is 0. The monoisotopic (exact) mass is 150 g/mol. The van der Waals surface area contributed by atoms with E-state index in [0.29, 0.717) is 0 Å². The predicted octanol–water partition coefficient (Wildman–Crippen LogP) is 2.09. The van der Waals surface area contributed by atoms with Gasteiger partial charge in [0.1, 0.15) is 0 Å². The standard InChI is InChI=1S/C7H19OP/c1-4-6-9(3,8)7-5-2/h8-9H,4-7H2,1-3H3. The number of hydrogen-bond acceptors (Lipinski definition) is 1. The molecule has 1 N–H and O–H groups in total. The van der Waals surface area contributed by atoms with E-state index in [1.807, 2.05) is 0 Å². The van der Waals surface area contributed by atoms with Crippen molar-refractivity contribution in [2.24, 2.45) is 0 Å². The van der Waals surface area contributed by atoms with Crippen molar-refractivity contribution >= 4 is 7.49 Å². The van der Waals surface area contributed by atoms with Crippen molar-refractivity contribution < 1.29 is 4.89 Å². The minimum absolute atomic E-state index is 1.07. The van der Waals surface area contributed by atoms with Crippen molar-refractivity contribution in [2.45, 2.75) is 26.7 Å². The zero-order valence-corrected chi connectivity index (χ0v) is 7.78. The molecule has 0 aliphatic rings. The van der Waals surface area contributed by atoms with Crippen molar-refractivity contribution in [1.29, 1.82) is 0 Å². The quantitative estimate of drug-likeness (QED) is 0.608. The molecule has 0 fully saturated rings. The Hall–Kier alpha value is 0.390. The Balaban J connectivity index is 3.43. The van der Waals surface area contributed by atoms with E-state index in [-0.39, 0.29) is 0 Å². The Bertz CT molecular complexity index is 63.3. The maximum atomic E-state index is 9.65. The van der Waals surface area contributed by atoms with E-state index in [1.165, 1.54) is 0 Å². The summed E-state index contributed by atoms with van der Waals surface area (Å²) >= 11 is 0. The van der Waals surface area contributed by atoms with Crippen LogP contribution in [0.3, 0.4) is 0 Å². The average molecular weight is 150 g/mol. The second kappa shape index (κ2) is 4.24. The molecule has 0 amide bonds. The Morgan fingerprint density at radius 3 is 1.67 bits per heavy atom. The third kappa shape index (κ3) is 4.87. The fourth-order valence-electron chi connectivity index (χ4n) is 1.20. The molecule has 0 atom stereocenters. The molecular weight excluding hydrogens is 131 g/mol. The molecule has 0 rings (SSSR count). The predicted molar refractivity (Wildman–Crippen MR) is 46.8 cm³/mol. The molecule has 1 nitrogen and oxygen atoms in total. The molecule has 0 aliphatic heterocycles. The molecule has 0 saturated heterocycles. The Morgan fingerprint density at radius 1 is 1.11 bits per heavy atom. The fourth-order valence-corrected chi connectivity index (χ4v) is 3.61. The van der Waals surface area contributed by atoms with Crippen LogP contribution >= 0.6 is 7.49 Å². The minimum atomic E-state index is -1.70. The summed E-state index contributed by atoms with van der Waals surface area (Å²) in [6.45, 7) is 6.33. The van der Waals surface area contributed by atoms with Crippen LogP contribution in [-0.4, -0.2) is 23.9 Å². The molecule has 0 aliphatic carbocycles. The van der Waals surface area contributed by atoms with E-state index in [2.05, 4.69) is 20.5 Å². The molecule has 9 heavy (non-hydrogen) atoms. The third-order valence-corrected chi connectivity index (χ3v) is 4.73. The van der Waals surface area contributed by atoms with Gasteiger partial charge in [0, 0.05) is 0 Å². The van der Waals surface area contributed by atoms with Crippen LogP contribution < -0.4 is 0 Å². The second-order valence-electron chi connectivity index (χ2n) is 3.00. The van der Waals surface area contributed by atoms with Gasteiger partial charge in [-0.3, -0.25) is 0 Å². The van der Waals surface area contributed by atoms with Gasteiger partial charge < -0.3 is 0 Å². The summed E-state index contributed by atoms with van der Waals surface area (Å²) in [5.41, 5.74) is 0. The van der Waals surface area contributed by atoms with Crippen molar-refractivity contribution in [3.8, 4) is 0 Å². The number of rotatable bonds is 4. The Kier molecular flexibility index (Phi) is 4.43. The van der Waals surface area contributed by atoms with E-state index in [0.717, 1.165) is 25.2 Å². The van der Waals surface area contributed by atoms with Gasteiger partial charge in [-0.1, -0.05) is 0 Å². The first-order valence-electron chi connectivity index (χ1n) is 3.84. The molecule has 58 valence electrons. The molecule has 0 unspecified atom stereocenters. The summed E-state index contributed by atoms with van der Waals surface area (Å²) in [5.74, 6) is 0. The molecule has 0 heterocycles. The van der Waals surface area contributed by atoms with Gasteiger partial charge >= 0.3 is 58.1 Å². The van der Waals surface area contributed by atoms with Crippen LogP contribution in [0.15, 0.2) is 0 Å². The van der Waals surface area contributed by atoms with Gasteiger partial charge in [0.25, 0.3) is 0 Å². The van der Waals surface area contributed by atoms with Crippen molar-refractivity contribution in [3.63, 3.8) is 0 Å². The second-order valence-corrected chi connectivity index (χ2v) is 6.99. The number of hydrogen-bond donors (Lipinski definition) is 1. The zero-order chi connectivity index (χ0) is 7.33. The van der Waals surface area contributed by atoms with Gasteiger partial charge in [0.15, 0.2) is 0 Å². The zero-order valence-electron chi connectivity index (χ0n) is 6.78. The van der Waals surface area contributed by atoms with Crippen molar-refractivity contribution in [3.05, 3.63) is 0 Å². The first-order chi connectivity index (χ1) is 4.12. The van der Waals surface area contributed by atoms with Crippen molar-refractivity contribution in [1.82, 2.24) is 0 Å². The van der Waals surface area contributed by atoms with Crippen LogP contribution in [0.2, 0.25) is 0 Å². The van der Waals surface area contributed by atoms with E-state index < -0.39 is 7.49 Å². The third-order valence-electron chi connectivity index (χ3n) is 1.58. The van der Waals surface area contributed by atoms with Crippen LogP contribution in [0, 0.1) is 0 Å².